The van der Waals surface area contributed by atoms with Gasteiger partial charge in [-0.1, -0.05) is 13.0 Å². The molecule has 156 valence electrons. The number of carbonyl (C=O) groups excluding carboxylic acids is 2. The molecule has 4 rings (SSSR count). The van der Waals surface area contributed by atoms with Crippen LogP contribution in [0.5, 0.6) is 11.5 Å². The van der Waals surface area contributed by atoms with Crippen LogP contribution in [0.15, 0.2) is 36.5 Å². The van der Waals surface area contributed by atoms with Crippen LogP contribution in [0.25, 0.3) is 10.9 Å². The second-order valence-corrected chi connectivity index (χ2v) is 6.73. The number of hydrogen-bond acceptors (Lipinski definition) is 6. The normalized spacial score (nSPS) is 12.7. The predicted molar refractivity (Wildman–Crippen MR) is 116 cm³/mol. The van der Waals surface area contributed by atoms with Crippen molar-refractivity contribution in [3.8, 4) is 11.5 Å². The molecule has 0 aliphatic carbocycles. The summed E-state index contributed by atoms with van der Waals surface area (Å²) in [5, 5.41) is 9.25. The average Bonchev–Trinajstić information content (AvgIpc) is 2.78. The Morgan fingerprint density at radius 1 is 1.17 bits per heavy atom. The average molecular weight is 407 g/mol. The third-order valence-corrected chi connectivity index (χ3v) is 5.09. The Balaban J connectivity index is 0.000000806. The highest BCUT2D eigenvalue weighted by Gasteiger charge is 2.27. The summed E-state index contributed by atoms with van der Waals surface area (Å²) in [4.78, 5) is 23.8. The maximum atomic E-state index is 13.2. The van der Waals surface area contributed by atoms with Gasteiger partial charge in [-0.2, -0.15) is 10.2 Å². The third kappa shape index (κ3) is 3.96. The Kier molecular flexibility index (Phi) is 6.61. The first-order valence-electron chi connectivity index (χ1n) is 9.78. The molecule has 1 aliphatic rings. The molecule has 0 spiro atoms. The van der Waals surface area contributed by atoms with Gasteiger partial charge in [-0.25, -0.2) is 0 Å². The van der Waals surface area contributed by atoms with E-state index in [9.17, 15) is 4.79 Å². The van der Waals surface area contributed by atoms with Crippen molar-refractivity contribution in [3.05, 3.63) is 53.2 Å². The molecule has 1 aliphatic heterocycles. The summed E-state index contributed by atoms with van der Waals surface area (Å²) < 4.78 is 10.7. The summed E-state index contributed by atoms with van der Waals surface area (Å²) in [5.74, 6) is 1.43. The smallest absolute Gasteiger partial charge is 0.258 e. The van der Waals surface area contributed by atoms with E-state index < -0.39 is 0 Å². The predicted octanol–water partition coefficient (Wildman–Crippen LogP) is 3.62. The Hall–Kier alpha value is -3.48. The molecule has 0 radical (unpaired) electrons. The lowest BCUT2D eigenvalue weighted by atomic mass is 9.97. The standard InChI is InChI=1S/C21H21N3O3.C2H4O/c1-4-13-9-17-18(11-20(13)27-3)23-22-12-19(17)24-8-7-14-5-6-15(26-2)10-16(14)21(24)25;1-2-3/h5-6,9-12H,4,7-8H2,1-3H3;2H,1H3. The van der Waals surface area contributed by atoms with Crippen molar-refractivity contribution in [2.45, 2.75) is 26.7 Å². The van der Waals surface area contributed by atoms with Crippen molar-refractivity contribution < 1.29 is 19.1 Å². The van der Waals surface area contributed by atoms with Crippen LogP contribution in [0.4, 0.5) is 5.69 Å². The number of anilines is 1. The van der Waals surface area contributed by atoms with Gasteiger partial charge < -0.3 is 19.2 Å². The summed E-state index contributed by atoms with van der Waals surface area (Å²) in [6.45, 7) is 4.12. The fourth-order valence-electron chi connectivity index (χ4n) is 3.61. The second kappa shape index (κ2) is 9.35. The van der Waals surface area contributed by atoms with E-state index in [0.717, 1.165) is 47.1 Å². The molecule has 7 heteroatoms. The number of nitrogens with zero attached hydrogens (tertiary/aromatic N) is 3. The maximum absolute atomic E-state index is 13.2. The van der Waals surface area contributed by atoms with E-state index in [1.54, 1.807) is 31.4 Å². The number of amides is 1. The van der Waals surface area contributed by atoms with E-state index in [1.807, 2.05) is 24.3 Å². The molecule has 1 aromatic heterocycles. The van der Waals surface area contributed by atoms with Gasteiger partial charge in [-0.3, -0.25) is 4.79 Å². The first kappa shape index (κ1) is 21.2. The Labute approximate surface area is 175 Å². The zero-order valence-electron chi connectivity index (χ0n) is 17.6. The lowest BCUT2D eigenvalue weighted by molar-refractivity contribution is -0.106. The molecule has 1 amide bonds. The highest BCUT2D eigenvalue weighted by molar-refractivity contribution is 6.12. The molecule has 0 atom stereocenters. The molecule has 2 aromatic carbocycles. The Morgan fingerprint density at radius 2 is 1.93 bits per heavy atom. The van der Waals surface area contributed by atoms with E-state index in [2.05, 4.69) is 17.1 Å². The van der Waals surface area contributed by atoms with Gasteiger partial charge >= 0.3 is 0 Å². The number of rotatable bonds is 4. The minimum absolute atomic E-state index is 0.0432. The highest BCUT2D eigenvalue weighted by atomic mass is 16.5. The number of aldehydes is 1. The zero-order valence-corrected chi connectivity index (χ0v) is 17.6. The first-order valence-corrected chi connectivity index (χ1v) is 9.78. The fourth-order valence-corrected chi connectivity index (χ4v) is 3.61. The van der Waals surface area contributed by atoms with Crippen molar-refractivity contribution in [3.63, 3.8) is 0 Å². The van der Waals surface area contributed by atoms with Crippen LogP contribution < -0.4 is 14.4 Å². The molecule has 0 N–H and O–H groups in total. The number of aromatic nitrogens is 2. The minimum atomic E-state index is -0.0432. The number of carbonyl (C=O) groups is 2. The van der Waals surface area contributed by atoms with Crippen LogP contribution in [0.2, 0.25) is 0 Å². The van der Waals surface area contributed by atoms with Crippen molar-refractivity contribution in [1.82, 2.24) is 10.2 Å². The van der Waals surface area contributed by atoms with Crippen LogP contribution >= 0.6 is 0 Å². The first-order chi connectivity index (χ1) is 14.6. The van der Waals surface area contributed by atoms with Gasteiger partial charge in [0, 0.05) is 23.6 Å². The van der Waals surface area contributed by atoms with Gasteiger partial charge in [-0.15, -0.1) is 0 Å². The Morgan fingerprint density at radius 3 is 2.60 bits per heavy atom. The van der Waals surface area contributed by atoms with Crippen LogP contribution in [0, 0.1) is 0 Å². The third-order valence-electron chi connectivity index (χ3n) is 5.09. The number of hydrogen-bond donors (Lipinski definition) is 0. The number of ether oxygens (including phenoxy) is 2. The van der Waals surface area contributed by atoms with Gasteiger partial charge in [0.05, 0.1) is 31.6 Å². The zero-order chi connectivity index (χ0) is 21.7. The molecule has 0 fully saturated rings. The summed E-state index contributed by atoms with van der Waals surface area (Å²) in [5.41, 5.74) is 4.28. The second-order valence-electron chi connectivity index (χ2n) is 6.73. The lowest BCUT2D eigenvalue weighted by Gasteiger charge is -2.29. The SMILES string of the molecule is CC=O.CCc1cc2c(N3CCc4ccc(OC)cc4C3=O)cnnc2cc1OC. The van der Waals surface area contributed by atoms with E-state index in [4.69, 9.17) is 14.3 Å². The van der Waals surface area contributed by atoms with Crippen molar-refractivity contribution >= 4 is 28.8 Å². The van der Waals surface area contributed by atoms with Crippen LogP contribution in [-0.4, -0.2) is 43.2 Å². The minimum Gasteiger partial charge on any atom is -0.497 e. The van der Waals surface area contributed by atoms with Gasteiger partial charge in [0.2, 0.25) is 0 Å². The van der Waals surface area contributed by atoms with Crippen LogP contribution in [0.3, 0.4) is 0 Å². The summed E-state index contributed by atoms with van der Waals surface area (Å²) >= 11 is 0. The molecular formula is C23H25N3O4. The van der Waals surface area contributed by atoms with Crippen LogP contribution in [-0.2, 0) is 17.6 Å². The van der Waals surface area contributed by atoms with Gasteiger partial charge in [0.1, 0.15) is 17.8 Å². The van der Waals surface area contributed by atoms with Crippen LogP contribution in [0.1, 0.15) is 35.3 Å². The van der Waals surface area contributed by atoms with Gasteiger partial charge in [0.25, 0.3) is 5.91 Å². The quantitative estimate of drug-likeness (QED) is 0.615. The lowest BCUT2D eigenvalue weighted by Crippen LogP contribution is -2.37. The largest absolute Gasteiger partial charge is 0.497 e. The van der Waals surface area contributed by atoms with Gasteiger partial charge in [0.15, 0.2) is 0 Å². The molecule has 0 unspecified atom stereocenters. The number of aryl methyl sites for hydroxylation is 1. The molecule has 0 saturated carbocycles. The summed E-state index contributed by atoms with van der Waals surface area (Å²) in [7, 11) is 3.25. The molecular weight excluding hydrogens is 382 g/mol. The van der Waals surface area contributed by atoms with E-state index >= 15 is 0 Å². The highest BCUT2D eigenvalue weighted by Crippen LogP contribution is 2.34. The summed E-state index contributed by atoms with van der Waals surface area (Å²) in [6, 6.07) is 9.60. The molecule has 0 bridgehead atoms. The monoisotopic (exact) mass is 407 g/mol. The van der Waals surface area contributed by atoms with E-state index in [0.29, 0.717) is 23.4 Å². The number of benzene rings is 2. The van der Waals surface area contributed by atoms with E-state index in [-0.39, 0.29) is 5.91 Å². The Bertz CT molecular complexity index is 1080. The molecule has 30 heavy (non-hydrogen) atoms. The molecule has 2 heterocycles. The van der Waals surface area contributed by atoms with Crippen molar-refractivity contribution in [2.24, 2.45) is 0 Å². The number of fused-ring (bicyclic) bond motifs is 2. The maximum Gasteiger partial charge on any atom is 0.258 e. The summed E-state index contributed by atoms with van der Waals surface area (Å²) in [6.07, 6.45) is 4.03. The van der Waals surface area contributed by atoms with Gasteiger partial charge in [-0.05, 0) is 49.1 Å². The van der Waals surface area contributed by atoms with E-state index in [1.165, 1.54) is 6.92 Å². The molecule has 0 saturated heterocycles. The topological polar surface area (TPSA) is 81.6 Å². The molecule has 3 aromatic rings. The van der Waals surface area contributed by atoms with Crippen molar-refractivity contribution in [2.75, 3.05) is 25.7 Å². The fraction of sp³-hybridized carbons (Fsp3) is 0.304. The van der Waals surface area contributed by atoms with Crippen molar-refractivity contribution in [1.29, 1.82) is 0 Å². The number of methoxy groups -OCH3 is 2. The molecule has 7 nitrogen and oxygen atoms in total.